The Morgan fingerprint density at radius 2 is 2.00 bits per heavy atom. The number of aliphatic imine (C=N–C) groups is 1. The van der Waals surface area contributed by atoms with Gasteiger partial charge in [-0.25, -0.2) is 9.38 Å². The van der Waals surface area contributed by atoms with Gasteiger partial charge >= 0.3 is 0 Å². The Hall–Kier alpha value is -2.80. The van der Waals surface area contributed by atoms with Gasteiger partial charge in [-0.05, 0) is 23.8 Å². The normalized spacial score (nSPS) is 19.7. The molecular weight excluding hydrogens is 359 g/mol. The van der Waals surface area contributed by atoms with Gasteiger partial charge in [-0.15, -0.1) is 0 Å². The van der Waals surface area contributed by atoms with Crippen LogP contribution in [0.4, 0.5) is 10.1 Å². The summed E-state index contributed by atoms with van der Waals surface area (Å²) in [4.78, 5) is 6.39. The second-order valence-electron chi connectivity index (χ2n) is 6.96. The van der Waals surface area contributed by atoms with Gasteiger partial charge in [0.25, 0.3) is 0 Å². The minimum absolute atomic E-state index is 0.0640. The van der Waals surface area contributed by atoms with Gasteiger partial charge in [0.2, 0.25) is 0 Å². The van der Waals surface area contributed by atoms with Crippen LogP contribution in [0.1, 0.15) is 23.6 Å². The van der Waals surface area contributed by atoms with Gasteiger partial charge in [0.1, 0.15) is 11.6 Å². The maximum absolute atomic E-state index is 14.5. The Morgan fingerprint density at radius 1 is 1.18 bits per heavy atom. The van der Waals surface area contributed by atoms with E-state index in [-0.39, 0.29) is 11.9 Å². The predicted molar refractivity (Wildman–Crippen MR) is 107 cm³/mol. The van der Waals surface area contributed by atoms with Crippen LogP contribution in [-0.4, -0.2) is 38.9 Å². The van der Waals surface area contributed by atoms with E-state index in [0.29, 0.717) is 51.1 Å². The molecule has 7 heteroatoms. The first-order valence-corrected chi connectivity index (χ1v) is 9.60. The van der Waals surface area contributed by atoms with Crippen LogP contribution in [0.15, 0.2) is 47.5 Å². The van der Waals surface area contributed by atoms with E-state index in [2.05, 4.69) is 10.3 Å². The van der Waals surface area contributed by atoms with Crippen molar-refractivity contribution in [1.82, 2.24) is 5.32 Å². The Bertz CT molecular complexity index is 852. The standard InChI is InChI=1S/C21H25FN4O2/c22-17-13-15(5-6-19(17)26-8-11-27-12-9-26)14-24-21(23)25-18-7-10-28-20-4-2-1-3-16(18)20/h1-6,13,18H,7-12,14H2,(H3,23,24,25). The van der Waals surface area contributed by atoms with Crippen LogP contribution in [0.5, 0.6) is 5.75 Å². The highest BCUT2D eigenvalue weighted by Crippen LogP contribution is 2.31. The second-order valence-corrected chi connectivity index (χ2v) is 6.96. The summed E-state index contributed by atoms with van der Waals surface area (Å²) < 4.78 is 25.5. The molecule has 0 spiro atoms. The van der Waals surface area contributed by atoms with Gasteiger partial charge in [-0.3, -0.25) is 0 Å². The van der Waals surface area contributed by atoms with Crippen molar-refractivity contribution in [2.24, 2.45) is 10.7 Å². The molecule has 1 unspecified atom stereocenters. The first-order chi connectivity index (χ1) is 13.7. The van der Waals surface area contributed by atoms with E-state index in [1.54, 1.807) is 0 Å². The predicted octanol–water partition coefficient (Wildman–Crippen LogP) is 2.59. The number of fused-ring (bicyclic) bond motifs is 1. The highest BCUT2D eigenvalue weighted by atomic mass is 19.1. The molecule has 3 N–H and O–H groups in total. The van der Waals surface area contributed by atoms with Crippen molar-refractivity contribution in [3.05, 3.63) is 59.4 Å². The van der Waals surface area contributed by atoms with Gasteiger partial charge in [-0.2, -0.15) is 0 Å². The summed E-state index contributed by atoms with van der Waals surface area (Å²) in [6.45, 7) is 3.63. The van der Waals surface area contributed by atoms with Gasteiger partial charge in [0.15, 0.2) is 5.96 Å². The van der Waals surface area contributed by atoms with Crippen molar-refractivity contribution in [2.45, 2.75) is 19.0 Å². The molecule has 1 atom stereocenters. The number of benzene rings is 2. The van der Waals surface area contributed by atoms with Gasteiger partial charge in [0, 0.05) is 25.1 Å². The molecule has 2 aliphatic heterocycles. The summed E-state index contributed by atoms with van der Waals surface area (Å²) in [5.41, 5.74) is 8.55. The van der Waals surface area contributed by atoms with E-state index in [0.717, 1.165) is 23.3 Å². The lowest BCUT2D eigenvalue weighted by Crippen LogP contribution is -2.37. The number of nitrogens with two attached hydrogens (primary N) is 1. The number of guanidine groups is 1. The number of hydrogen-bond donors (Lipinski definition) is 2. The summed E-state index contributed by atoms with van der Waals surface area (Å²) in [5, 5.41) is 3.25. The number of morpholine rings is 1. The lowest BCUT2D eigenvalue weighted by atomic mass is 10.0. The lowest BCUT2D eigenvalue weighted by Gasteiger charge is -2.29. The summed E-state index contributed by atoms with van der Waals surface area (Å²) >= 11 is 0. The second kappa shape index (κ2) is 8.48. The molecule has 2 heterocycles. The number of nitrogens with one attached hydrogen (secondary N) is 1. The van der Waals surface area contributed by atoms with Crippen molar-refractivity contribution < 1.29 is 13.9 Å². The van der Waals surface area contributed by atoms with Crippen molar-refractivity contribution in [2.75, 3.05) is 37.8 Å². The van der Waals surface area contributed by atoms with Crippen LogP contribution in [-0.2, 0) is 11.3 Å². The Morgan fingerprint density at radius 3 is 2.82 bits per heavy atom. The molecule has 0 radical (unpaired) electrons. The zero-order valence-electron chi connectivity index (χ0n) is 15.7. The van der Waals surface area contributed by atoms with Crippen LogP contribution in [0.2, 0.25) is 0 Å². The van der Waals surface area contributed by atoms with Crippen LogP contribution >= 0.6 is 0 Å². The number of hydrogen-bond acceptors (Lipinski definition) is 4. The first kappa shape index (κ1) is 18.6. The number of rotatable bonds is 4. The molecule has 0 saturated carbocycles. The minimum Gasteiger partial charge on any atom is -0.493 e. The molecule has 0 aromatic heterocycles. The fourth-order valence-corrected chi connectivity index (χ4v) is 3.60. The number of para-hydroxylation sites is 1. The zero-order chi connectivity index (χ0) is 19.3. The third-order valence-corrected chi connectivity index (χ3v) is 5.08. The third kappa shape index (κ3) is 4.20. The number of ether oxygens (including phenoxy) is 2. The molecule has 1 saturated heterocycles. The van der Waals surface area contributed by atoms with Crippen LogP contribution in [0, 0.1) is 5.82 Å². The molecule has 28 heavy (non-hydrogen) atoms. The lowest BCUT2D eigenvalue weighted by molar-refractivity contribution is 0.122. The van der Waals surface area contributed by atoms with Crippen LogP contribution in [0.3, 0.4) is 0 Å². The molecule has 0 bridgehead atoms. The first-order valence-electron chi connectivity index (χ1n) is 9.60. The van der Waals surface area contributed by atoms with E-state index in [9.17, 15) is 4.39 Å². The SMILES string of the molecule is NC(=NCc1ccc(N2CCOCC2)c(F)c1)NC1CCOc2ccccc21. The monoisotopic (exact) mass is 384 g/mol. The topological polar surface area (TPSA) is 72.1 Å². The molecule has 2 aromatic rings. The highest BCUT2D eigenvalue weighted by Gasteiger charge is 2.21. The van der Waals surface area contributed by atoms with Gasteiger partial charge in [-0.1, -0.05) is 24.3 Å². The molecule has 0 aliphatic carbocycles. The quantitative estimate of drug-likeness (QED) is 0.626. The fraction of sp³-hybridized carbons (Fsp3) is 0.381. The molecule has 2 aliphatic rings. The van der Waals surface area contributed by atoms with E-state index >= 15 is 0 Å². The Balaban J connectivity index is 1.39. The third-order valence-electron chi connectivity index (χ3n) is 5.08. The van der Waals surface area contributed by atoms with E-state index < -0.39 is 0 Å². The van der Waals surface area contributed by atoms with E-state index in [1.807, 2.05) is 41.3 Å². The zero-order valence-corrected chi connectivity index (χ0v) is 15.7. The molecule has 148 valence electrons. The maximum Gasteiger partial charge on any atom is 0.189 e. The molecule has 2 aromatic carbocycles. The van der Waals surface area contributed by atoms with Crippen molar-refractivity contribution in [1.29, 1.82) is 0 Å². The Kier molecular flexibility index (Phi) is 5.62. The summed E-state index contributed by atoms with van der Waals surface area (Å²) in [6, 6.07) is 13.2. The Labute approximate surface area is 164 Å². The highest BCUT2D eigenvalue weighted by molar-refractivity contribution is 5.78. The molecule has 4 rings (SSSR count). The molecule has 6 nitrogen and oxygen atoms in total. The molecule has 1 fully saturated rings. The number of anilines is 1. The average molecular weight is 384 g/mol. The number of halogens is 1. The van der Waals surface area contributed by atoms with Gasteiger partial charge in [0.05, 0.1) is 38.1 Å². The fourth-order valence-electron chi connectivity index (χ4n) is 3.60. The van der Waals surface area contributed by atoms with E-state index in [1.165, 1.54) is 6.07 Å². The smallest absolute Gasteiger partial charge is 0.189 e. The molecular formula is C21H25FN4O2. The summed E-state index contributed by atoms with van der Waals surface area (Å²) in [7, 11) is 0. The largest absolute Gasteiger partial charge is 0.493 e. The summed E-state index contributed by atoms with van der Waals surface area (Å²) in [5.74, 6) is 0.985. The van der Waals surface area contributed by atoms with E-state index in [4.69, 9.17) is 15.2 Å². The summed E-state index contributed by atoms with van der Waals surface area (Å²) in [6.07, 6.45) is 0.816. The molecule has 0 amide bonds. The van der Waals surface area contributed by atoms with Gasteiger partial charge < -0.3 is 25.4 Å². The van der Waals surface area contributed by atoms with Crippen molar-refractivity contribution in [3.8, 4) is 5.75 Å². The van der Waals surface area contributed by atoms with Crippen LogP contribution in [0.25, 0.3) is 0 Å². The van der Waals surface area contributed by atoms with Crippen LogP contribution < -0.4 is 20.7 Å². The maximum atomic E-state index is 14.5. The van der Waals surface area contributed by atoms with Crippen molar-refractivity contribution in [3.63, 3.8) is 0 Å². The average Bonchev–Trinajstić information content (AvgIpc) is 2.73. The minimum atomic E-state index is -0.237. The van der Waals surface area contributed by atoms with Crippen molar-refractivity contribution >= 4 is 11.6 Å². The number of nitrogens with zero attached hydrogens (tertiary/aromatic N) is 2.